The molecule has 0 aromatic heterocycles. The van der Waals surface area contributed by atoms with Crippen LogP contribution in [0.3, 0.4) is 0 Å². The van der Waals surface area contributed by atoms with Crippen molar-refractivity contribution >= 4 is 11.9 Å². The zero-order valence-electron chi connectivity index (χ0n) is 27.4. The molecule has 0 fully saturated rings. The molecule has 0 saturated carbocycles. The smallest absolute Gasteiger partial charge is 0.193 e. The van der Waals surface area contributed by atoms with Crippen LogP contribution < -0.4 is 28.4 Å². The number of benzene rings is 2. The van der Waals surface area contributed by atoms with Gasteiger partial charge in [0.15, 0.2) is 28.8 Å². The van der Waals surface area contributed by atoms with Crippen LogP contribution in [-0.2, 0) is 0 Å². The molecule has 7 nitrogen and oxygen atoms in total. The van der Waals surface area contributed by atoms with Crippen LogP contribution in [-0.4, -0.2) is 45.9 Å². The Labute approximate surface area is 259 Å². The summed E-state index contributed by atoms with van der Waals surface area (Å²) in [5, 5.41) is 0. The molecule has 0 aliphatic heterocycles. The highest BCUT2D eigenvalue weighted by molar-refractivity contribution is 6.11. The molecular formula is C36H54O7. The van der Waals surface area contributed by atoms with Crippen LogP contribution in [0.5, 0.6) is 34.5 Å². The van der Waals surface area contributed by atoms with Gasteiger partial charge in [0.05, 0.1) is 40.1 Å². The molecule has 0 aliphatic carbocycles. The molecule has 2 aromatic rings. The average molecular weight is 599 g/mol. The zero-order chi connectivity index (χ0) is 31.3. The fourth-order valence-electron chi connectivity index (χ4n) is 4.14. The van der Waals surface area contributed by atoms with Crippen molar-refractivity contribution in [3.63, 3.8) is 0 Å². The summed E-state index contributed by atoms with van der Waals surface area (Å²) in [6, 6.07) is 7.40. The standard InChI is InChI=1S/C36H54O7/c1-7-12-21-39-29-26-28(35(33(27-29)38-6)42-24-15-10-4)17-18-30(37)34-31(40-22-13-8-2)19-20-32(41-23-14-9-3)36(34)43-25-16-11-5/h17-20,26-27H,7-16,21-25H2,1-6H3. The Morgan fingerprint density at radius 1 is 0.605 bits per heavy atom. The van der Waals surface area contributed by atoms with Gasteiger partial charge < -0.3 is 28.4 Å². The topological polar surface area (TPSA) is 72.5 Å². The van der Waals surface area contributed by atoms with Gasteiger partial charge in [0.2, 0.25) is 0 Å². The zero-order valence-corrected chi connectivity index (χ0v) is 27.4. The van der Waals surface area contributed by atoms with Gasteiger partial charge in [-0.2, -0.15) is 0 Å². The molecule has 7 heteroatoms. The van der Waals surface area contributed by atoms with Crippen LogP contribution >= 0.6 is 0 Å². The van der Waals surface area contributed by atoms with Crippen molar-refractivity contribution in [2.75, 3.05) is 40.1 Å². The highest BCUT2D eigenvalue weighted by atomic mass is 16.5. The minimum absolute atomic E-state index is 0.241. The SMILES string of the molecule is CCCCOc1cc(C=CC(=O)c2c(OCCCC)ccc(OCCCC)c2OCCCC)c(OCCCC)c(OC)c1. The Morgan fingerprint density at radius 2 is 1.09 bits per heavy atom. The Hall–Kier alpha value is -3.35. The summed E-state index contributed by atoms with van der Waals surface area (Å²) in [6.07, 6.45) is 12.8. The van der Waals surface area contributed by atoms with Gasteiger partial charge in [0.1, 0.15) is 17.1 Å². The minimum atomic E-state index is -0.241. The summed E-state index contributed by atoms with van der Waals surface area (Å²) in [6.45, 7) is 13.2. The third kappa shape index (κ3) is 12.0. The molecule has 2 rings (SSSR count). The first-order valence-electron chi connectivity index (χ1n) is 16.3. The van der Waals surface area contributed by atoms with E-state index >= 15 is 0 Å². The second-order valence-corrected chi connectivity index (χ2v) is 10.5. The van der Waals surface area contributed by atoms with Crippen molar-refractivity contribution in [2.24, 2.45) is 0 Å². The van der Waals surface area contributed by atoms with Crippen LogP contribution in [0.2, 0.25) is 0 Å². The largest absolute Gasteiger partial charge is 0.493 e. The lowest BCUT2D eigenvalue weighted by Gasteiger charge is -2.19. The van der Waals surface area contributed by atoms with E-state index in [0.717, 1.165) is 64.2 Å². The van der Waals surface area contributed by atoms with Gasteiger partial charge in [-0.05, 0) is 62.5 Å². The summed E-state index contributed by atoms with van der Waals surface area (Å²) in [7, 11) is 1.61. The Morgan fingerprint density at radius 3 is 1.65 bits per heavy atom. The molecule has 43 heavy (non-hydrogen) atoms. The third-order valence-electron chi connectivity index (χ3n) is 6.79. The van der Waals surface area contributed by atoms with E-state index in [1.165, 1.54) is 0 Å². The Bertz CT molecular complexity index is 1110. The molecule has 0 radical (unpaired) electrons. The molecule has 0 atom stereocenters. The average Bonchev–Trinajstić information content (AvgIpc) is 3.01. The maximum Gasteiger partial charge on any atom is 0.193 e. The van der Waals surface area contributed by atoms with E-state index in [-0.39, 0.29) is 5.78 Å². The van der Waals surface area contributed by atoms with Crippen molar-refractivity contribution in [3.05, 3.63) is 41.5 Å². The van der Waals surface area contributed by atoms with Gasteiger partial charge in [-0.25, -0.2) is 0 Å². The number of ether oxygens (including phenoxy) is 6. The number of carbonyl (C=O) groups is 1. The molecule has 2 aromatic carbocycles. The summed E-state index contributed by atoms with van der Waals surface area (Å²) in [5.74, 6) is 3.05. The normalized spacial score (nSPS) is 11.0. The lowest BCUT2D eigenvalue weighted by atomic mass is 10.0. The molecule has 0 aliphatic rings. The van der Waals surface area contributed by atoms with Crippen molar-refractivity contribution < 1.29 is 33.2 Å². The van der Waals surface area contributed by atoms with Crippen molar-refractivity contribution in [1.82, 2.24) is 0 Å². The molecule has 0 bridgehead atoms. The van der Waals surface area contributed by atoms with E-state index in [1.807, 2.05) is 24.3 Å². The highest BCUT2D eigenvalue weighted by Gasteiger charge is 2.23. The summed E-state index contributed by atoms with van der Waals surface area (Å²) >= 11 is 0. The van der Waals surface area contributed by atoms with Crippen molar-refractivity contribution in [2.45, 2.75) is 98.8 Å². The molecule has 0 saturated heterocycles. The van der Waals surface area contributed by atoms with E-state index in [4.69, 9.17) is 28.4 Å². The summed E-state index contributed by atoms with van der Waals surface area (Å²) in [5.41, 5.74) is 1.07. The van der Waals surface area contributed by atoms with Gasteiger partial charge in [0, 0.05) is 11.6 Å². The van der Waals surface area contributed by atoms with Gasteiger partial charge in [-0.1, -0.05) is 66.7 Å². The fraction of sp³-hybridized carbons (Fsp3) is 0.583. The molecule has 240 valence electrons. The van der Waals surface area contributed by atoms with Gasteiger partial charge >= 0.3 is 0 Å². The number of carbonyl (C=O) groups excluding carboxylic acids is 1. The monoisotopic (exact) mass is 598 g/mol. The number of allylic oxidation sites excluding steroid dienone is 1. The fourth-order valence-corrected chi connectivity index (χ4v) is 4.14. The predicted molar refractivity (Wildman–Crippen MR) is 175 cm³/mol. The van der Waals surface area contributed by atoms with E-state index in [2.05, 4.69) is 34.6 Å². The van der Waals surface area contributed by atoms with Gasteiger partial charge in [0.25, 0.3) is 0 Å². The maximum absolute atomic E-state index is 14.0. The third-order valence-corrected chi connectivity index (χ3v) is 6.79. The summed E-state index contributed by atoms with van der Waals surface area (Å²) < 4.78 is 36.3. The predicted octanol–water partition coefficient (Wildman–Crippen LogP) is 9.49. The van der Waals surface area contributed by atoms with E-state index in [0.29, 0.717) is 78.7 Å². The summed E-state index contributed by atoms with van der Waals surface area (Å²) in [4.78, 5) is 14.0. The van der Waals surface area contributed by atoms with Crippen LogP contribution in [0.15, 0.2) is 30.3 Å². The number of ketones is 1. The van der Waals surface area contributed by atoms with Crippen LogP contribution in [0.4, 0.5) is 0 Å². The second kappa shape index (κ2) is 21.4. The first kappa shape index (κ1) is 35.8. The number of unbranched alkanes of at least 4 members (excludes halogenated alkanes) is 5. The Kier molecular flexibility index (Phi) is 17.8. The minimum Gasteiger partial charge on any atom is -0.493 e. The number of methoxy groups -OCH3 is 1. The molecule has 0 unspecified atom stereocenters. The van der Waals surface area contributed by atoms with Crippen LogP contribution in [0, 0.1) is 0 Å². The number of rotatable bonds is 24. The van der Waals surface area contributed by atoms with Gasteiger partial charge in [-0.3, -0.25) is 4.79 Å². The lowest BCUT2D eigenvalue weighted by molar-refractivity contribution is 0.103. The van der Waals surface area contributed by atoms with E-state index < -0.39 is 0 Å². The molecule has 0 spiro atoms. The first-order chi connectivity index (χ1) is 21.0. The van der Waals surface area contributed by atoms with Gasteiger partial charge in [-0.15, -0.1) is 0 Å². The van der Waals surface area contributed by atoms with E-state index in [1.54, 1.807) is 19.3 Å². The second-order valence-electron chi connectivity index (χ2n) is 10.5. The number of hydrogen-bond donors (Lipinski definition) is 0. The lowest BCUT2D eigenvalue weighted by Crippen LogP contribution is -2.10. The highest BCUT2D eigenvalue weighted by Crippen LogP contribution is 2.40. The molecule has 0 amide bonds. The number of hydrogen-bond acceptors (Lipinski definition) is 7. The first-order valence-corrected chi connectivity index (χ1v) is 16.3. The van der Waals surface area contributed by atoms with Crippen LogP contribution in [0.1, 0.15) is 115 Å². The molecular weight excluding hydrogens is 544 g/mol. The molecule has 0 heterocycles. The van der Waals surface area contributed by atoms with Crippen molar-refractivity contribution in [3.8, 4) is 34.5 Å². The van der Waals surface area contributed by atoms with Crippen LogP contribution in [0.25, 0.3) is 6.08 Å². The maximum atomic E-state index is 14.0. The van der Waals surface area contributed by atoms with E-state index in [9.17, 15) is 4.79 Å². The molecule has 0 N–H and O–H groups in total. The Balaban J connectivity index is 2.58. The quantitative estimate of drug-likeness (QED) is 0.0677. The van der Waals surface area contributed by atoms with Crippen molar-refractivity contribution in [1.29, 1.82) is 0 Å².